The number of carbonyl (C=O) groups excluding carboxylic acids is 2. The zero-order valence-corrected chi connectivity index (χ0v) is 15.3. The molecule has 0 bridgehead atoms. The summed E-state index contributed by atoms with van der Waals surface area (Å²) >= 11 is 6.36. The maximum absolute atomic E-state index is 12.7. The highest BCUT2D eigenvalue weighted by Gasteiger charge is 2.33. The van der Waals surface area contributed by atoms with E-state index < -0.39 is 34.2 Å². The Morgan fingerprint density at radius 1 is 1.11 bits per heavy atom. The third-order valence-corrected chi connectivity index (χ3v) is 4.58. The van der Waals surface area contributed by atoms with Gasteiger partial charge in [-0.25, -0.2) is 0 Å². The van der Waals surface area contributed by atoms with E-state index in [9.17, 15) is 32.9 Å². The predicted octanol–water partition coefficient (Wildman–Crippen LogP) is 3.82. The Hall–Kier alpha value is -2.79. The Bertz CT molecular complexity index is 907. The van der Waals surface area contributed by atoms with Gasteiger partial charge >= 0.3 is 6.18 Å². The lowest BCUT2D eigenvalue weighted by molar-refractivity contribution is -0.388. The Kier molecular flexibility index (Phi) is 6.86. The molecule has 0 fully saturated rings. The molecular weight excluding hydrogens is 423 g/mol. The highest BCUT2D eigenvalue weighted by Crippen LogP contribution is 2.36. The van der Waals surface area contributed by atoms with Crippen molar-refractivity contribution in [2.75, 3.05) is 5.75 Å². The van der Waals surface area contributed by atoms with Crippen LogP contribution >= 0.6 is 23.4 Å². The second-order valence-electron chi connectivity index (χ2n) is 5.24. The molecule has 2 aromatic rings. The van der Waals surface area contributed by atoms with Crippen molar-refractivity contribution in [3.05, 3.63) is 68.7 Å². The first kappa shape index (κ1) is 21.5. The minimum absolute atomic E-state index is 0.114. The molecule has 2 rings (SSSR count). The van der Waals surface area contributed by atoms with Gasteiger partial charge in [0.15, 0.2) is 0 Å². The molecular formula is C16H11ClF3N3O4S. The van der Waals surface area contributed by atoms with E-state index in [0.29, 0.717) is 28.9 Å². The fourth-order valence-electron chi connectivity index (χ4n) is 1.94. The number of alkyl halides is 3. The summed E-state index contributed by atoms with van der Waals surface area (Å²) in [5, 5.41) is 11.4. The lowest BCUT2D eigenvalue weighted by atomic mass is 10.2. The number of carbonyl (C=O) groups is 2. The van der Waals surface area contributed by atoms with Gasteiger partial charge in [0.25, 0.3) is 11.6 Å². The van der Waals surface area contributed by atoms with Crippen molar-refractivity contribution in [2.45, 2.75) is 11.1 Å². The molecule has 2 N–H and O–H groups in total. The third kappa shape index (κ3) is 5.86. The van der Waals surface area contributed by atoms with Gasteiger partial charge in [-0.1, -0.05) is 11.6 Å². The molecule has 0 aromatic heterocycles. The summed E-state index contributed by atoms with van der Waals surface area (Å²) in [6.45, 7) is 0. The molecule has 0 unspecified atom stereocenters. The number of nitrogens with zero attached hydrogens (tertiary/aromatic N) is 1. The summed E-state index contributed by atoms with van der Waals surface area (Å²) in [5.74, 6) is -1.69. The van der Waals surface area contributed by atoms with Crippen LogP contribution in [0.4, 0.5) is 18.9 Å². The highest BCUT2D eigenvalue weighted by atomic mass is 35.5. The molecule has 12 heteroatoms. The van der Waals surface area contributed by atoms with E-state index in [-0.39, 0.29) is 16.2 Å². The summed E-state index contributed by atoms with van der Waals surface area (Å²) < 4.78 is 38.0. The van der Waals surface area contributed by atoms with Crippen LogP contribution in [0.2, 0.25) is 5.02 Å². The Morgan fingerprint density at radius 3 is 2.32 bits per heavy atom. The summed E-state index contributed by atoms with van der Waals surface area (Å²) in [7, 11) is 0. The van der Waals surface area contributed by atoms with E-state index in [1.165, 1.54) is 24.3 Å². The molecule has 0 atom stereocenters. The number of hydrazine groups is 1. The second-order valence-corrected chi connectivity index (χ2v) is 6.69. The molecule has 0 spiro atoms. The average Bonchev–Trinajstić information content (AvgIpc) is 2.64. The smallest absolute Gasteiger partial charge is 0.272 e. The van der Waals surface area contributed by atoms with E-state index >= 15 is 0 Å². The van der Waals surface area contributed by atoms with Crippen LogP contribution in [0.3, 0.4) is 0 Å². The van der Waals surface area contributed by atoms with Crippen LogP contribution in [0.25, 0.3) is 0 Å². The molecule has 0 aliphatic heterocycles. The van der Waals surface area contributed by atoms with Crippen molar-refractivity contribution in [2.24, 2.45) is 0 Å². The normalized spacial score (nSPS) is 11.0. The second kappa shape index (κ2) is 8.93. The largest absolute Gasteiger partial charge is 0.416 e. The molecule has 2 amide bonds. The van der Waals surface area contributed by atoms with E-state index in [0.717, 1.165) is 6.07 Å². The molecule has 0 aliphatic carbocycles. The molecule has 0 saturated heterocycles. The zero-order chi connectivity index (χ0) is 20.9. The first-order chi connectivity index (χ1) is 13.1. The van der Waals surface area contributed by atoms with Crippen LogP contribution in [-0.2, 0) is 11.0 Å². The van der Waals surface area contributed by atoms with Crippen molar-refractivity contribution in [3.8, 4) is 0 Å². The van der Waals surface area contributed by atoms with Crippen LogP contribution in [-0.4, -0.2) is 22.5 Å². The van der Waals surface area contributed by atoms with Gasteiger partial charge in [-0.2, -0.15) is 13.2 Å². The van der Waals surface area contributed by atoms with E-state index in [4.69, 9.17) is 11.6 Å². The summed E-state index contributed by atoms with van der Waals surface area (Å²) in [5.41, 5.74) is 2.55. The first-order valence-corrected chi connectivity index (χ1v) is 8.77. The number of nitro groups is 1. The van der Waals surface area contributed by atoms with Crippen LogP contribution in [0, 0.1) is 10.1 Å². The van der Waals surface area contributed by atoms with Crippen LogP contribution < -0.4 is 10.9 Å². The number of amides is 2. The van der Waals surface area contributed by atoms with Gasteiger partial charge in [-0.05, 0) is 36.4 Å². The summed E-state index contributed by atoms with van der Waals surface area (Å²) in [6.07, 6.45) is -4.72. The van der Waals surface area contributed by atoms with Crippen molar-refractivity contribution in [3.63, 3.8) is 0 Å². The van der Waals surface area contributed by atoms with Gasteiger partial charge < -0.3 is 0 Å². The number of nitrogens with one attached hydrogen (secondary N) is 2. The van der Waals surface area contributed by atoms with Crippen molar-refractivity contribution in [1.82, 2.24) is 10.9 Å². The van der Waals surface area contributed by atoms with Crippen LogP contribution in [0.1, 0.15) is 15.9 Å². The van der Waals surface area contributed by atoms with Crippen molar-refractivity contribution >= 4 is 40.9 Å². The molecule has 0 saturated carbocycles. The fourth-order valence-corrected chi connectivity index (χ4v) is 2.87. The van der Waals surface area contributed by atoms with E-state index in [1.807, 2.05) is 0 Å². The number of rotatable bonds is 5. The maximum atomic E-state index is 12.7. The van der Waals surface area contributed by atoms with Gasteiger partial charge in [-0.3, -0.25) is 30.6 Å². The maximum Gasteiger partial charge on any atom is 0.416 e. The lowest BCUT2D eigenvalue weighted by Crippen LogP contribution is -2.42. The Labute approximate surface area is 165 Å². The number of benzene rings is 2. The molecule has 7 nitrogen and oxygen atoms in total. The topological polar surface area (TPSA) is 101 Å². The monoisotopic (exact) mass is 433 g/mol. The summed E-state index contributed by atoms with van der Waals surface area (Å²) in [6, 6.07) is 7.85. The zero-order valence-electron chi connectivity index (χ0n) is 13.7. The number of hydrogen-bond donors (Lipinski definition) is 2. The molecule has 2 aromatic carbocycles. The van der Waals surface area contributed by atoms with Crippen molar-refractivity contribution < 1.29 is 27.7 Å². The number of halogens is 4. The number of hydrogen-bond acceptors (Lipinski definition) is 5. The van der Waals surface area contributed by atoms with Gasteiger partial charge in [0.1, 0.15) is 0 Å². The average molecular weight is 434 g/mol. The molecule has 0 aliphatic rings. The first-order valence-electron chi connectivity index (χ1n) is 7.41. The third-order valence-electron chi connectivity index (χ3n) is 3.26. The van der Waals surface area contributed by atoms with Crippen molar-refractivity contribution in [1.29, 1.82) is 0 Å². The standard InChI is InChI=1S/C16H11ClF3N3O4S/c17-11-4-1-9(2-5-11)15(25)22-21-14(24)8-28-13-6-3-10(16(18,19)20)7-12(13)23(26)27/h1-7H,8H2,(H,21,24)(H,22,25). The van der Waals surface area contributed by atoms with Gasteiger partial charge in [-0.15, -0.1) is 11.8 Å². The number of thioether (sulfide) groups is 1. The molecule has 0 radical (unpaired) electrons. The minimum Gasteiger partial charge on any atom is -0.272 e. The van der Waals surface area contributed by atoms with Crippen LogP contribution in [0.15, 0.2) is 47.4 Å². The molecule has 0 heterocycles. The quantitative estimate of drug-likeness (QED) is 0.424. The molecule has 148 valence electrons. The van der Waals surface area contributed by atoms with Gasteiger partial charge in [0, 0.05) is 16.7 Å². The summed E-state index contributed by atoms with van der Waals surface area (Å²) in [4.78, 5) is 33.6. The van der Waals surface area contributed by atoms with Gasteiger partial charge in [0.05, 0.1) is 21.1 Å². The Balaban J connectivity index is 1.96. The highest BCUT2D eigenvalue weighted by molar-refractivity contribution is 8.00. The van der Waals surface area contributed by atoms with Gasteiger partial charge in [0.2, 0.25) is 5.91 Å². The van der Waals surface area contributed by atoms with E-state index in [1.54, 1.807) is 0 Å². The SMILES string of the molecule is O=C(CSc1ccc(C(F)(F)F)cc1[N+](=O)[O-])NNC(=O)c1ccc(Cl)cc1. The van der Waals surface area contributed by atoms with Crippen LogP contribution in [0.5, 0.6) is 0 Å². The van der Waals surface area contributed by atoms with E-state index in [2.05, 4.69) is 10.9 Å². The fraction of sp³-hybridized carbons (Fsp3) is 0.125. The lowest BCUT2D eigenvalue weighted by Gasteiger charge is -2.09. The predicted molar refractivity (Wildman–Crippen MR) is 95.9 cm³/mol. The molecule has 28 heavy (non-hydrogen) atoms. The minimum atomic E-state index is -4.72. The Morgan fingerprint density at radius 2 is 1.75 bits per heavy atom. The number of nitro benzene ring substituents is 1.